The first-order chi connectivity index (χ1) is 24.0. The van der Waals surface area contributed by atoms with E-state index in [9.17, 15) is 26.3 Å². The lowest BCUT2D eigenvalue weighted by atomic mass is 10.0. The molecule has 1 heterocycles. The fourth-order valence-electron chi connectivity index (χ4n) is 4.95. The number of aromatic nitrogens is 2. The van der Waals surface area contributed by atoms with Gasteiger partial charge >= 0.3 is 12.4 Å². The first-order valence-electron chi connectivity index (χ1n) is 16.1. The summed E-state index contributed by atoms with van der Waals surface area (Å²) in [6, 6.07) is 21.3. The number of unbranched alkanes of at least 4 members (excludes halogenated alkanes) is 5. The summed E-state index contributed by atoms with van der Waals surface area (Å²) >= 11 is 0. The maximum atomic E-state index is 13.3. The number of nitrogens with zero attached hydrogens (tertiary/aromatic N) is 2. The van der Waals surface area contributed by atoms with Gasteiger partial charge in [-0.3, -0.25) is 0 Å². The Kier molecular flexibility index (Phi) is 11.7. The van der Waals surface area contributed by atoms with Crippen molar-refractivity contribution in [3.8, 4) is 52.3 Å². The Morgan fingerprint density at radius 2 is 1.16 bits per heavy atom. The molecule has 0 bridgehead atoms. The van der Waals surface area contributed by atoms with E-state index in [1.165, 1.54) is 49.9 Å². The van der Waals surface area contributed by atoms with E-state index in [-0.39, 0.29) is 22.9 Å². The highest BCUT2D eigenvalue weighted by molar-refractivity contribution is 5.69. The second-order valence-electron chi connectivity index (χ2n) is 11.5. The molecule has 5 rings (SSSR count). The van der Waals surface area contributed by atoms with E-state index in [1.807, 2.05) is 12.1 Å². The summed E-state index contributed by atoms with van der Waals surface area (Å²) < 4.78 is 91.3. The highest BCUT2D eigenvalue weighted by atomic mass is 19.4. The third-order valence-corrected chi connectivity index (χ3v) is 7.62. The van der Waals surface area contributed by atoms with Crippen molar-refractivity contribution in [3.05, 3.63) is 124 Å². The third-order valence-electron chi connectivity index (χ3n) is 7.62. The van der Waals surface area contributed by atoms with Crippen LogP contribution in [0.2, 0.25) is 0 Å². The van der Waals surface area contributed by atoms with E-state index in [4.69, 9.17) is 9.15 Å². The summed E-state index contributed by atoms with van der Waals surface area (Å²) in [4.78, 5) is 0. The molecule has 0 atom stereocenters. The van der Waals surface area contributed by atoms with Crippen LogP contribution in [0, 0.1) is 23.7 Å². The number of ether oxygens (including phenoxy) is 1. The summed E-state index contributed by atoms with van der Waals surface area (Å²) in [5.74, 6) is 12.2. The van der Waals surface area contributed by atoms with Gasteiger partial charge in [-0.05, 0) is 85.3 Å². The molecule has 0 radical (unpaired) electrons. The highest BCUT2D eigenvalue weighted by Crippen LogP contribution is 2.31. The van der Waals surface area contributed by atoms with Crippen LogP contribution in [-0.4, -0.2) is 16.8 Å². The van der Waals surface area contributed by atoms with Crippen molar-refractivity contribution in [1.82, 2.24) is 10.2 Å². The Balaban J connectivity index is 1.41. The molecule has 0 unspecified atom stereocenters. The van der Waals surface area contributed by atoms with E-state index >= 15 is 0 Å². The van der Waals surface area contributed by atoms with Crippen LogP contribution in [0.15, 0.2) is 95.4 Å². The molecular weight excluding hydrogens is 654 g/mol. The lowest BCUT2D eigenvalue weighted by molar-refractivity contribution is -0.138. The van der Waals surface area contributed by atoms with Crippen molar-refractivity contribution in [3.63, 3.8) is 0 Å². The lowest BCUT2D eigenvalue weighted by Gasteiger charge is -2.06. The molecule has 0 saturated heterocycles. The molecule has 4 aromatic carbocycles. The monoisotopic (exact) mass is 686 g/mol. The van der Waals surface area contributed by atoms with Crippen molar-refractivity contribution in [1.29, 1.82) is 0 Å². The normalized spacial score (nSPS) is 11.3. The summed E-state index contributed by atoms with van der Waals surface area (Å²) in [6.07, 6.45) is -2.07. The molecule has 0 aliphatic heterocycles. The molecule has 0 fully saturated rings. The zero-order chi connectivity index (χ0) is 35.6. The Labute approximate surface area is 286 Å². The number of halogens is 6. The van der Waals surface area contributed by atoms with Crippen molar-refractivity contribution in [2.75, 3.05) is 6.61 Å². The number of hydrogen-bond donors (Lipinski definition) is 0. The minimum atomic E-state index is -4.53. The van der Waals surface area contributed by atoms with Crippen LogP contribution in [0.3, 0.4) is 0 Å². The zero-order valence-corrected chi connectivity index (χ0v) is 27.1. The Bertz CT molecular complexity index is 2020. The summed E-state index contributed by atoms with van der Waals surface area (Å²) in [5.41, 5.74) is 0.407. The van der Waals surface area contributed by atoms with Crippen LogP contribution in [-0.2, 0) is 12.4 Å². The molecule has 0 amide bonds. The van der Waals surface area contributed by atoms with E-state index in [1.54, 1.807) is 30.3 Å². The third kappa shape index (κ3) is 10.0. The second kappa shape index (κ2) is 16.3. The Hall–Kier alpha value is -5.48. The SMILES string of the molecule is CCCCCCCCOc1ccc(-c2nnc(-c3cc(C#Cc4cccc(C(F)(F)F)c4)ccc3C#Cc3cccc(C(F)(F)F)c3)o2)cc1. The number of hydrogen-bond acceptors (Lipinski definition) is 4. The van der Waals surface area contributed by atoms with Crippen LogP contribution in [0.1, 0.15) is 78.8 Å². The van der Waals surface area contributed by atoms with E-state index in [0.717, 1.165) is 37.1 Å². The molecule has 50 heavy (non-hydrogen) atoms. The van der Waals surface area contributed by atoms with E-state index in [2.05, 4.69) is 40.8 Å². The fraction of sp³-hybridized carbons (Fsp3) is 0.250. The maximum absolute atomic E-state index is 13.3. The largest absolute Gasteiger partial charge is 0.494 e. The molecule has 1 aromatic heterocycles. The van der Waals surface area contributed by atoms with Gasteiger partial charge in [-0.15, -0.1) is 10.2 Å². The summed E-state index contributed by atoms with van der Waals surface area (Å²) in [5, 5.41) is 8.38. The van der Waals surface area contributed by atoms with Gasteiger partial charge in [0.15, 0.2) is 0 Å². The zero-order valence-electron chi connectivity index (χ0n) is 27.1. The van der Waals surface area contributed by atoms with Crippen LogP contribution < -0.4 is 4.74 Å². The molecule has 5 aromatic rings. The van der Waals surface area contributed by atoms with Gasteiger partial charge in [-0.2, -0.15) is 26.3 Å². The van der Waals surface area contributed by atoms with Crippen molar-refractivity contribution < 1.29 is 35.5 Å². The number of benzene rings is 4. The smallest absolute Gasteiger partial charge is 0.416 e. The summed E-state index contributed by atoms with van der Waals surface area (Å²) in [7, 11) is 0. The van der Waals surface area contributed by atoms with Crippen LogP contribution in [0.5, 0.6) is 5.75 Å². The Morgan fingerprint density at radius 3 is 1.78 bits per heavy atom. The fourth-order valence-corrected chi connectivity index (χ4v) is 4.95. The van der Waals surface area contributed by atoms with Gasteiger partial charge in [0, 0.05) is 27.8 Å². The van der Waals surface area contributed by atoms with Crippen LogP contribution in [0.25, 0.3) is 22.9 Å². The van der Waals surface area contributed by atoms with Crippen LogP contribution in [0.4, 0.5) is 26.3 Å². The first kappa shape index (κ1) is 35.8. The van der Waals surface area contributed by atoms with Gasteiger partial charge in [0.25, 0.3) is 0 Å². The molecule has 0 aliphatic rings. The van der Waals surface area contributed by atoms with E-state index < -0.39 is 23.5 Å². The van der Waals surface area contributed by atoms with Crippen molar-refractivity contribution in [2.45, 2.75) is 57.8 Å². The standard InChI is InChI=1S/C40H32F6N2O2/c1-2-3-4-5-6-7-24-49-35-22-20-32(21-23-35)37-47-48-38(50-37)36-27-30(15-14-28-10-8-12-33(25-28)39(41,42)43)17-19-31(36)18-16-29-11-9-13-34(26-29)40(44,45)46/h8-13,17,19-23,25-27H,2-7,24H2,1H3. The van der Waals surface area contributed by atoms with Gasteiger partial charge in [-0.1, -0.05) is 74.8 Å². The second-order valence-corrected chi connectivity index (χ2v) is 11.5. The van der Waals surface area contributed by atoms with Crippen molar-refractivity contribution in [2.24, 2.45) is 0 Å². The minimum absolute atomic E-state index is 0.0689. The first-order valence-corrected chi connectivity index (χ1v) is 16.1. The molecule has 0 spiro atoms. The molecule has 256 valence electrons. The minimum Gasteiger partial charge on any atom is -0.494 e. The van der Waals surface area contributed by atoms with Gasteiger partial charge in [-0.25, -0.2) is 0 Å². The topological polar surface area (TPSA) is 48.2 Å². The molecule has 10 heteroatoms. The van der Waals surface area contributed by atoms with Crippen LogP contribution >= 0.6 is 0 Å². The quantitative estimate of drug-likeness (QED) is 0.0834. The predicted molar refractivity (Wildman–Crippen MR) is 179 cm³/mol. The molecule has 4 nitrogen and oxygen atoms in total. The number of alkyl halides is 6. The van der Waals surface area contributed by atoms with Gasteiger partial charge in [0.2, 0.25) is 11.8 Å². The molecule has 0 aliphatic carbocycles. The van der Waals surface area contributed by atoms with Gasteiger partial charge < -0.3 is 9.15 Å². The average molecular weight is 687 g/mol. The van der Waals surface area contributed by atoms with Gasteiger partial charge in [0.05, 0.1) is 23.3 Å². The molecule has 0 saturated carbocycles. The summed E-state index contributed by atoms with van der Waals surface area (Å²) in [6.45, 7) is 2.80. The van der Waals surface area contributed by atoms with Crippen molar-refractivity contribution >= 4 is 0 Å². The lowest BCUT2D eigenvalue weighted by Crippen LogP contribution is -2.04. The van der Waals surface area contributed by atoms with E-state index in [0.29, 0.717) is 34.6 Å². The van der Waals surface area contributed by atoms with Gasteiger partial charge in [0.1, 0.15) is 5.75 Å². The molecule has 0 N–H and O–H groups in total. The Morgan fingerprint density at radius 1 is 0.600 bits per heavy atom. The highest BCUT2D eigenvalue weighted by Gasteiger charge is 2.31. The predicted octanol–water partition coefficient (Wildman–Crippen LogP) is 11.0. The maximum Gasteiger partial charge on any atom is 0.416 e. The average Bonchev–Trinajstić information content (AvgIpc) is 3.60. The molecular formula is C40H32F6N2O2. The number of rotatable bonds is 10.